The summed E-state index contributed by atoms with van der Waals surface area (Å²) in [5, 5.41) is 3.61. The molecule has 1 aromatic rings. The highest BCUT2D eigenvalue weighted by atomic mass is 32.2. The first-order valence-electron chi connectivity index (χ1n) is 6.56. The maximum Gasteiger partial charge on any atom is 0.0226 e. The van der Waals surface area contributed by atoms with Crippen LogP contribution in [-0.4, -0.2) is 22.1 Å². The molecule has 0 saturated heterocycles. The van der Waals surface area contributed by atoms with Gasteiger partial charge in [0.25, 0.3) is 0 Å². The fourth-order valence-electron chi connectivity index (χ4n) is 2.18. The predicted molar refractivity (Wildman–Crippen MR) is 78.9 cm³/mol. The average molecular weight is 254 g/mol. The topological polar surface area (TPSA) is 17.0 Å². The summed E-state index contributed by atoms with van der Waals surface area (Å²) in [6, 6.07) is 2.90. The fourth-order valence-corrected chi connectivity index (χ4v) is 2.88. The van der Waals surface area contributed by atoms with Crippen LogP contribution >= 0.6 is 11.8 Å². The minimum absolute atomic E-state index is 0.588. The van der Waals surface area contributed by atoms with Crippen LogP contribution in [-0.2, 0) is 13.1 Å². The molecule has 1 atom stereocenters. The van der Waals surface area contributed by atoms with Gasteiger partial charge >= 0.3 is 0 Å². The summed E-state index contributed by atoms with van der Waals surface area (Å²) in [5.74, 6) is 2.40. The van der Waals surface area contributed by atoms with Crippen LogP contribution in [0.2, 0.25) is 0 Å². The molecule has 0 fully saturated rings. The van der Waals surface area contributed by atoms with Crippen molar-refractivity contribution in [3.8, 4) is 0 Å². The molecule has 0 spiro atoms. The lowest BCUT2D eigenvalue weighted by molar-refractivity contribution is 0.592. The third-order valence-corrected chi connectivity index (χ3v) is 4.35. The van der Waals surface area contributed by atoms with E-state index in [0.29, 0.717) is 6.04 Å². The number of nitrogens with one attached hydrogen (secondary N) is 1. The van der Waals surface area contributed by atoms with Gasteiger partial charge < -0.3 is 9.88 Å². The summed E-state index contributed by atoms with van der Waals surface area (Å²) in [6.07, 6.45) is 0. The molecule has 2 nitrogen and oxygen atoms in total. The lowest BCUT2D eigenvalue weighted by Gasteiger charge is -2.13. The molecule has 1 rings (SSSR count). The zero-order valence-corrected chi connectivity index (χ0v) is 12.7. The fraction of sp³-hybridized carbons (Fsp3) is 0.714. The van der Waals surface area contributed by atoms with Gasteiger partial charge in [-0.15, -0.1) is 0 Å². The zero-order chi connectivity index (χ0) is 12.8. The molecule has 0 amide bonds. The smallest absolute Gasteiger partial charge is 0.0226 e. The second-order valence-corrected chi connectivity index (χ2v) is 5.90. The molecule has 1 N–H and O–H groups in total. The minimum Gasteiger partial charge on any atom is -0.349 e. The Balaban J connectivity index is 2.52. The van der Waals surface area contributed by atoms with Gasteiger partial charge in [0.15, 0.2) is 0 Å². The molecule has 1 heterocycles. The van der Waals surface area contributed by atoms with Crippen LogP contribution in [0.3, 0.4) is 0 Å². The molecular weight excluding hydrogens is 228 g/mol. The molecule has 0 aliphatic heterocycles. The van der Waals surface area contributed by atoms with Crippen molar-refractivity contribution >= 4 is 11.8 Å². The normalized spacial score (nSPS) is 13.0. The first-order chi connectivity index (χ1) is 8.10. The SMILES string of the molecule is CCSCC(C)NCc1cc(C)n(CC)c1C. The standard InChI is InChI=1S/C14H26N2S/c1-6-16-12(4)8-14(13(16)5)9-15-11(3)10-17-7-2/h8,11,15H,6-7,9-10H2,1-5H3. The van der Waals surface area contributed by atoms with Crippen LogP contribution in [0.4, 0.5) is 0 Å². The van der Waals surface area contributed by atoms with Crippen molar-refractivity contribution in [3.63, 3.8) is 0 Å². The number of aryl methyl sites for hydroxylation is 1. The summed E-state index contributed by atoms with van der Waals surface area (Å²) in [6.45, 7) is 13.2. The minimum atomic E-state index is 0.588. The summed E-state index contributed by atoms with van der Waals surface area (Å²) in [4.78, 5) is 0. The molecule has 0 aliphatic rings. The first kappa shape index (κ1) is 14.7. The Morgan fingerprint density at radius 3 is 2.59 bits per heavy atom. The highest BCUT2D eigenvalue weighted by molar-refractivity contribution is 7.99. The quantitative estimate of drug-likeness (QED) is 0.803. The van der Waals surface area contributed by atoms with Crippen LogP contribution < -0.4 is 5.32 Å². The van der Waals surface area contributed by atoms with E-state index in [-0.39, 0.29) is 0 Å². The summed E-state index contributed by atoms with van der Waals surface area (Å²) in [7, 11) is 0. The van der Waals surface area contributed by atoms with Crippen molar-refractivity contribution in [1.29, 1.82) is 0 Å². The van der Waals surface area contributed by atoms with E-state index in [1.54, 1.807) is 0 Å². The molecule has 3 heteroatoms. The Morgan fingerprint density at radius 1 is 1.35 bits per heavy atom. The number of rotatable bonds is 7. The number of aromatic nitrogens is 1. The second kappa shape index (κ2) is 7.12. The van der Waals surface area contributed by atoms with Gasteiger partial charge in [-0.25, -0.2) is 0 Å². The lowest BCUT2D eigenvalue weighted by atomic mass is 10.2. The number of thioether (sulfide) groups is 1. The van der Waals surface area contributed by atoms with Gasteiger partial charge in [0.1, 0.15) is 0 Å². The van der Waals surface area contributed by atoms with E-state index in [2.05, 4.69) is 50.6 Å². The number of hydrogen-bond donors (Lipinski definition) is 1. The molecule has 0 saturated carbocycles. The summed E-state index contributed by atoms with van der Waals surface area (Å²) < 4.78 is 2.38. The van der Waals surface area contributed by atoms with Gasteiger partial charge in [-0.1, -0.05) is 6.92 Å². The highest BCUT2D eigenvalue weighted by Crippen LogP contribution is 2.15. The van der Waals surface area contributed by atoms with E-state index in [9.17, 15) is 0 Å². The number of hydrogen-bond acceptors (Lipinski definition) is 2. The molecule has 17 heavy (non-hydrogen) atoms. The molecule has 98 valence electrons. The van der Waals surface area contributed by atoms with E-state index >= 15 is 0 Å². The van der Waals surface area contributed by atoms with Crippen LogP contribution in [0.5, 0.6) is 0 Å². The van der Waals surface area contributed by atoms with E-state index in [4.69, 9.17) is 0 Å². The van der Waals surface area contributed by atoms with Gasteiger partial charge in [-0.3, -0.25) is 0 Å². The van der Waals surface area contributed by atoms with Crippen molar-refractivity contribution in [2.45, 2.75) is 53.8 Å². The Bertz CT molecular complexity index is 344. The van der Waals surface area contributed by atoms with Crippen LogP contribution in [0, 0.1) is 13.8 Å². The average Bonchev–Trinajstić information content (AvgIpc) is 2.58. The van der Waals surface area contributed by atoms with Crippen molar-refractivity contribution < 1.29 is 0 Å². The summed E-state index contributed by atoms with van der Waals surface area (Å²) >= 11 is 2.00. The van der Waals surface area contributed by atoms with E-state index in [0.717, 1.165) is 13.1 Å². The molecule has 1 unspecified atom stereocenters. The molecule has 0 aliphatic carbocycles. The number of nitrogens with zero attached hydrogens (tertiary/aromatic N) is 1. The van der Waals surface area contributed by atoms with Crippen molar-refractivity contribution in [3.05, 3.63) is 23.0 Å². The Kier molecular flexibility index (Phi) is 6.14. The molecule has 0 bridgehead atoms. The van der Waals surface area contributed by atoms with E-state index in [1.165, 1.54) is 28.5 Å². The molecule has 0 radical (unpaired) electrons. The van der Waals surface area contributed by atoms with Gasteiger partial charge in [0, 0.05) is 36.3 Å². The largest absolute Gasteiger partial charge is 0.349 e. The molecular formula is C14H26N2S. The third-order valence-electron chi connectivity index (χ3n) is 3.21. The highest BCUT2D eigenvalue weighted by Gasteiger charge is 2.08. The monoisotopic (exact) mass is 254 g/mol. The molecule has 1 aromatic heterocycles. The van der Waals surface area contributed by atoms with Crippen molar-refractivity contribution in [1.82, 2.24) is 9.88 Å². The van der Waals surface area contributed by atoms with E-state index in [1.807, 2.05) is 11.8 Å². The van der Waals surface area contributed by atoms with Crippen LogP contribution in [0.15, 0.2) is 6.07 Å². The van der Waals surface area contributed by atoms with Gasteiger partial charge in [-0.05, 0) is 45.1 Å². The molecule has 0 aromatic carbocycles. The lowest BCUT2D eigenvalue weighted by Crippen LogP contribution is -2.27. The van der Waals surface area contributed by atoms with Gasteiger partial charge in [-0.2, -0.15) is 11.8 Å². The maximum absolute atomic E-state index is 3.61. The van der Waals surface area contributed by atoms with E-state index < -0.39 is 0 Å². The Labute approximate surface area is 110 Å². The second-order valence-electron chi connectivity index (χ2n) is 4.58. The maximum atomic E-state index is 3.61. The van der Waals surface area contributed by atoms with Gasteiger partial charge in [0.2, 0.25) is 0 Å². The van der Waals surface area contributed by atoms with Crippen molar-refractivity contribution in [2.24, 2.45) is 0 Å². The summed E-state index contributed by atoms with van der Waals surface area (Å²) in [5.41, 5.74) is 4.22. The zero-order valence-electron chi connectivity index (χ0n) is 11.8. The Morgan fingerprint density at radius 2 is 2.06 bits per heavy atom. The van der Waals surface area contributed by atoms with Crippen LogP contribution in [0.1, 0.15) is 37.7 Å². The first-order valence-corrected chi connectivity index (χ1v) is 7.72. The van der Waals surface area contributed by atoms with Crippen molar-refractivity contribution in [2.75, 3.05) is 11.5 Å². The van der Waals surface area contributed by atoms with Gasteiger partial charge in [0.05, 0.1) is 0 Å². The van der Waals surface area contributed by atoms with Crippen LogP contribution in [0.25, 0.3) is 0 Å². The predicted octanol–water partition coefficient (Wildman–Crippen LogP) is 3.36. The Hall–Kier alpha value is -0.410. The third kappa shape index (κ3) is 4.07.